The Bertz CT molecular complexity index is 954. The predicted molar refractivity (Wildman–Crippen MR) is 233 cm³/mol. The highest BCUT2D eigenvalue weighted by molar-refractivity contribution is 5.80. The van der Waals surface area contributed by atoms with Gasteiger partial charge in [-0.05, 0) is 38.5 Å². The second-order valence-corrected chi connectivity index (χ2v) is 17.2. The topological polar surface area (TPSA) is 189 Å². The molecule has 0 aromatic rings. The van der Waals surface area contributed by atoms with E-state index in [-0.39, 0.29) is 6.42 Å². The molecule has 0 aromatic carbocycles. The number of ether oxygens (including phenoxy) is 2. The van der Waals surface area contributed by atoms with Crippen LogP contribution < -0.4 is 5.32 Å². The summed E-state index contributed by atoms with van der Waals surface area (Å²) in [6.45, 7) is 3.41. The first-order valence-electron chi connectivity index (χ1n) is 24.1. The van der Waals surface area contributed by atoms with Crippen molar-refractivity contribution in [3.63, 3.8) is 0 Å². The number of hydrogen-bond acceptors (Lipinski definition) is 10. The highest BCUT2D eigenvalue weighted by Crippen LogP contribution is 2.23. The zero-order valence-corrected chi connectivity index (χ0v) is 37.0. The summed E-state index contributed by atoms with van der Waals surface area (Å²) in [5, 5.41) is 75.6. The second-order valence-electron chi connectivity index (χ2n) is 17.2. The number of hydrogen-bond donors (Lipinski definition) is 8. The minimum atomic E-state index is -1.66. The van der Waals surface area contributed by atoms with Gasteiger partial charge in [0.1, 0.15) is 36.6 Å². The Balaban J connectivity index is 2.38. The summed E-state index contributed by atoms with van der Waals surface area (Å²) in [5.74, 6) is -0.700. The number of nitrogens with one attached hydrogen (secondary N) is 1. The molecule has 58 heavy (non-hydrogen) atoms. The van der Waals surface area contributed by atoms with Crippen molar-refractivity contribution in [1.29, 1.82) is 0 Å². The zero-order valence-electron chi connectivity index (χ0n) is 37.0. The number of carbonyl (C=O) groups is 1. The van der Waals surface area contributed by atoms with Gasteiger partial charge in [-0.3, -0.25) is 4.79 Å². The third kappa shape index (κ3) is 26.9. The van der Waals surface area contributed by atoms with Crippen LogP contribution in [0.1, 0.15) is 213 Å². The van der Waals surface area contributed by atoms with Gasteiger partial charge in [-0.1, -0.05) is 187 Å². The van der Waals surface area contributed by atoms with E-state index in [2.05, 4.69) is 31.3 Å². The molecule has 9 atom stereocenters. The summed E-state index contributed by atoms with van der Waals surface area (Å²) in [7, 11) is 0. The number of carbonyl (C=O) groups excluding carboxylic acids is 1. The van der Waals surface area contributed by atoms with E-state index in [1.807, 2.05) is 0 Å². The van der Waals surface area contributed by atoms with Crippen LogP contribution in [0.4, 0.5) is 0 Å². The molecule has 0 aromatic heterocycles. The largest absolute Gasteiger partial charge is 0.394 e. The molecule has 1 amide bonds. The van der Waals surface area contributed by atoms with Gasteiger partial charge in [0.2, 0.25) is 5.91 Å². The average molecular weight is 830 g/mol. The first-order valence-corrected chi connectivity index (χ1v) is 24.1. The lowest BCUT2D eigenvalue weighted by molar-refractivity contribution is -0.303. The lowest BCUT2D eigenvalue weighted by Gasteiger charge is -2.40. The van der Waals surface area contributed by atoms with E-state index >= 15 is 0 Å². The van der Waals surface area contributed by atoms with Crippen molar-refractivity contribution < 1.29 is 50.0 Å². The van der Waals surface area contributed by atoms with Crippen LogP contribution in [0.15, 0.2) is 12.2 Å². The normalized spacial score (nSPS) is 22.0. The average Bonchev–Trinajstić information content (AvgIpc) is 3.22. The molecule has 1 fully saturated rings. The van der Waals surface area contributed by atoms with Crippen molar-refractivity contribution >= 4 is 5.91 Å². The third-order valence-corrected chi connectivity index (χ3v) is 11.8. The molecular formula is C47H91NO10. The van der Waals surface area contributed by atoms with Crippen LogP contribution in [-0.2, 0) is 14.3 Å². The second kappa shape index (κ2) is 37.6. The molecule has 11 nitrogen and oxygen atoms in total. The van der Waals surface area contributed by atoms with E-state index in [0.29, 0.717) is 19.3 Å². The van der Waals surface area contributed by atoms with Crippen LogP contribution in [0.3, 0.4) is 0 Å². The molecule has 0 radical (unpaired) electrons. The number of rotatable bonds is 40. The van der Waals surface area contributed by atoms with E-state index in [4.69, 9.17) is 9.47 Å². The summed E-state index contributed by atoms with van der Waals surface area (Å²) < 4.78 is 11.1. The minimum Gasteiger partial charge on any atom is -0.394 e. The monoisotopic (exact) mass is 830 g/mol. The maximum absolute atomic E-state index is 13.1. The lowest BCUT2D eigenvalue weighted by atomic mass is 9.98. The standard InChI is InChI=1S/C47H91NO10/c1-3-5-7-9-11-13-15-16-17-18-19-20-21-22-23-25-27-29-31-33-35-40(51)46(56)48-38(37-57-47-45(55)44(54)43(53)41(36-49)58-47)42(52)39(50)34-32-30-28-26-24-14-12-10-8-6-4-2/h12,14,38-45,47,49-55H,3-11,13,15-37H2,1-2H3,(H,48,56). The Morgan fingerprint density at radius 2 is 1.00 bits per heavy atom. The van der Waals surface area contributed by atoms with Crippen molar-refractivity contribution in [1.82, 2.24) is 5.32 Å². The van der Waals surface area contributed by atoms with Gasteiger partial charge >= 0.3 is 0 Å². The SMILES string of the molecule is CCCCCC=CCCCCCCC(O)C(O)C(COC1OC(CO)C(O)C(O)C1O)NC(=O)C(O)CCCCCCCCCCCCCCCCCCCCCC. The van der Waals surface area contributed by atoms with Crippen molar-refractivity contribution in [2.75, 3.05) is 13.2 Å². The quantitative estimate of drug-likeness (QED) is 0.0222. The molecule has 1 rings (SSSR count). The summed E-state index contributed by atoms with van der Waals surface area (Å²) in [4.78, 5) is 13.1. The third-order valence-electron chi connectivity index (χ3n) is 11.8. The van der Waals surface area contributed by atoms with Crippen LogP contribution in [0.25, 0.3) is 0 Å². The number of amides is 1. The van der Waals surface area contributed by atoms with E-state index in [1.165, 1.54) is 122 Å². The molecule has 0 spiro atoms. The van der Waals surface area contributed by atoms with Crippen molar-refractivity contribution in [2.45, 2.75) is 268 Å². The van der Waals surface area contributed by atoms with E-state index < -0.39 is 74.2 Å². The number of aliphatic hydroxyl groups is 7. The van der Waals surface area contributed by atoms with E-state index in [9.17, 15) is 40.5 Å². The van der Waals surface area contributed by atoms with Crippen molar-refractivity contribution in [3.05, 3.63) is 12.2 Å². The number of unbranched alkanes of at least 4 members (excludes halogenated alkanes) is 26. The fraction of sp³-hybridized carbons (Fsp3) is 0.936. The van der Waals surface area contributed by atoms with Gasteiger partial charge in [0, 0.05) is 0 Å². The molecule has 0 saturated carbocycles. The summed E-state index contributed by atoms with van der Waals surface area (Å²) in [5.41, 5.74) is 0. The van der Waals surface area contributed by atoms with E-state index in [0.717, 1.165) is 51.4 Å². The Hall–Kier alpha value is -1.15. The van der Waals surface area contributed by atoms with Crippen LogP contribution in [0, 0.1) is 0 Å². The molecule has 344 valence electrons. The van der Waals surface area contributed by atoms with Gasteiger partial charge < -0.3 is 50.5 Å². The molecule has 0 aliphatic carbocycles. The summed E-state index contributed by atoms with van der Waals surface area (Å²) in [6, 6.07) is -1.17. The van der Waals surface area contributed by atoms with Crippen molar-refractivity contribution in [2.24, 2.45) is 0 Å². The van der Waals surface area contributed by atoms with Crippen LogP contribution in [-0.4, -0.2) is 110 Å². The molecule has 8 N–H and O–H groups in total. The summed E-state index contributed by atoms with van der Waals surface area (Å²) in [6.07, 6.45) is 28.4. The molecular weight excluding hydrogens is 739 g/mol. The molecule has 11 heteroatoms. The molecule has 1 aliphatic heterocycles. The van der Waals surface area contributed by atoms with Gasteiger partial charge in [-0.25, -0.2) is 0 Å². The summed E-state index contributed by atoms with van der Waals surface area (Å²) >= 11 is 0. The maximum Gasteiger partial charge on any atom is 0.249 e. The Morgan fingerprint density at radius 1 is 0.586 bits per heavy atom. The number of aliphatic hydroxyl groups excluding tert-OH is 7. The van der Waals surface area contributed by atoms with E-state index in [1.54, 1.807) is 0 Å². The smallest absolute Gasteiger partial charge is 0.249 e. The fourth-order valence-corrected chi connectivity index (χ4v) is 7.79. The Labute approximate surface area is 353 Å². The van der Waals surface area contributed by atoms with Crippen LogP contribution in [0.2, 0.25) is 0 Å². The van der Waals surface area contributed by atoms with Gasteiger partial charge in [-0.2, -0.15) is 0 Å². The fourth-order valence-electron chi connectivity index (χ4n) is 7.79. The van der Waals surface area contributed by atoms with Crippen LogP contribution >= 0.6 is 0 Å². The Morgan fingerprint density at radius 3 is 1.48 bits per heavy atom. The highest BCUT2D eigenvalue weighted by Gasteiger charge is 2.44. The maximum atomic E-state index is 13.1. The Kier molecular flexibility index (Phi) is 35.6. The molecule has 1 saturated heterocycles. The molecule has 1 aliphatic rings. The van der Waals surface area contributed by atoms with Gasteiger partial charge in [0.05, 0.1) is 25.4 Å². The highest BCUT2D eigenvalue weighted by atomic mass is 16.7. The first kappa shape index (κ1) is 54.9. The number of allylic oxidation sites excluding steroid dienone is 2. The predicted octanol–water partition coefficient (Wildman–Crippen LogP) is 8.06. The van der Waals surface area contributed by atoms with Crippen molar-refractivity contribution in [3.8, 4) is 0 Å². The molecule has 9 unspecified atom stereocenters. The van der Waals surface area contributed by atoms with Gasteiger partial charge in [0.25, 0.3) is 0 Å². The van der Waals surface area contributed by atoms with Gasteiger partial charge in [0.15, 0.2) is 6.29 Å². The first-order chi connectivity index (χ1) is 28.2. The minimum absolute atomic E-state index is 0.262. The zero-order chi connectivity index (χ0) is 42.6. The molecule has 0 bridgehead atoms. The molecule has 1 heterocycles. The lowest BCUT2D eigenvalue weighted by Crippen LogP contribution is -2.60. The van der Waals surface area contributed by atoms with Gasteiger partial charge in [-0.15, -0.1) is 0 Å². The van der Waals surface area contributed by atoms with Crippen LogP contribution in [0.5, 0.6) is 0 Å².